The Bertz CT molecular complexity index is 807. The molecule has 0 aliphatic carbocycles. The molecule has 1 aromatic carbocycles. The van der Waals surface area contributed by atoms with Gasteiger partial charge in [0.25, 0.3) is 0 Å². The number of aromatic nitrogens is 1. The highest BCUT2D eigenvalue weighted by Gasteiger charge is 2.16. The van der Waals surface area contributed by atoms with Crippen LogP contribution < -0.4 is 9.88 Å². The zero-order valence-electron chi connectivity index (χ0n) is 10.4. The van der Waals surface area contributed by atoms with Crippen molar-refractivity contribution in [3.05, 3.63) is 48.0 Å². The lowest BCUT2D eigenvalue weighted by Crippen LogP contribution is -2.12. The second-order valence-corrected chi connectivity index (χ2v) is 5.48. The summed E-state index contributed by atoms with van der Waals surface area (Å²) in [7, 11) is -4.04. The lowest BCUT2D eigenvalue weighted by atomic mass is 10.2. The number of aromatic carboxylic acids is 1. The molecular weight excluding hydrogens is 303 g/mol. The Balaban J connectivity index is 2.40. The lowest BCUT2D eigenvalue weighted by molar-refractivity contribution is 0.0694. The Labute approximate surface area is 118 Å². The summed E-state index contributed by atoms with van der Waals surface area (Å²) in [6.07, 6.45) is 2.35. The van der Waals surface area contributed by atoms with Crippen molar-refractivity contribution in [3.63, 3.8) is 0 Å². The fourth-order valence-electron chi connectivity index (χ4n) is 1.50. The number of rotatable bonds is 4. The maximum Gasteiger partial charge on any atom is 0.339 e. The summed E-state index contributed by atoms with van der Waals surface area (Å²) in [4.78, 5) is 14.2. The Morgan fingerprint density at radius 2 is 2.00 bits per heavy atom. The van der Waals surface area contributed by atoms with Gasteiger partial charge < -0.3 is 9.84 Å². The summed E-state index contributed by atoms with van der Waals surface area (Å²) >= 11 is 0. The largest absolute Gasteiger partial charge is 0.478 e. The molecule has 0 aliphatic rings. The highest BCUT2D eigenvalue weighted by atomic mass is 32.2. The standard InChI is InChI=1S/C12H9FN2O5S/c13-9-5-7(21(14,18)19)1-2-10(9)20-11-6-15-4-3-8(11)12(16)17/h1-6H,(H,16,17)(H2,14,18,19). The van der Waals surface area contributed by atoms with Crippen LogP contribution in [0.1, 0.15) is 10.4 Å². The molecule has 9 heteroatoms. The van der Waals surface area contributed by atoms with Gasteiger partial charge in [0.2, 0.25) is 10.0 Å². The van der Waals surface area contributed by atoms with Crippen LogP contribution in [-0.4, -0.2) is 24.5 Å². The number of sulfonamides is 1. The molecule has 0 radical (unpaired) electrons. The van der Waals surface area contributed by atoms with Crippen LogP contribution in [0.3, 0.4) is 0 Å². The average molecular weight is 312 g/mol. The van der Waals surface area contributed by atoms with Gasteiger partial charge in [0.1, 0.15) is 5.56 Å². The normalized spacial score (nSPS) is 11.1. The van der Waals surface area contributed by atoms with Gasteiger partial charge in [-0.15, -0.1) is 0 Å². The molecule has 0 aliphatic heterocycles. The predicted molar refractivity (Wildman–Crippen MR) is 69.0 cm³/mol. The number of hydrogen-bond acceptors (Lipinski definition) is 5. The van der Waals surface area contributed by atoms with E-state index in [-0.39, 0.29) is 17.1 Å². The first-order chi connectivity index (χ1) is 9.79. The highest BCUT2D eigenvalue weighted by molar-refractivity contribution is 7.89. The molecule has 7 nitrogen and oxygen atoms in total. The minimum atomic E-state index is -4.04. The lowest BCUT2D eigenvalue weighted by Gasteiger charge is -2.09. The quantitative estimate of drug-likeness (QED) is 0.879. The molecule has 0 saturated carbocycles. The number of carboxylic acids is 1. The van der Waals surface area contributed by atoms with Crippen molar-refractivity contribution >= 4 is 16.0 Å². The molecule has 0 atom stereocenters. The van der Waals surface area contributed by atoms with E-state index in [0.29, 0.717) is 6.07 Å². The SMILES string of the molecule is NS(=O)(=O)c1ccc(Oc2cnccc2C(=O)O)c(F)c1. The molecule has 0 saturated heterocycles. The fourth-order valence-corrected chi connectivity index (χ4v) is 2.02. The van der Waals surface area contributed by atoms with Crippen molar-refractivity contribution in [2.45, 2.75) is 4.90 Å². The Morgan fingerprint density at radius 1 is 1.29 bits per heavy atom. The van der Waals surface area contributed by atoms with Crippen molar-refractivity contribution in [3.8, 4) is 11.5 Å². The first kappa shape index (κ1) is 14.9. The molecule has 0 spiro atoms. The number of carboxylic acid groups (broad SMARTS) is 1. The zero-order valence-corrected chi connectivity index (χ0v) is 11.2. The van der Waals surface area contributed by atoms with E-state index in [9.17, 15) is 17.6 Å². The van der Waals surface area contributed by atoms with E-state index in [4.69, 9.17) is 15.0 Å². The summed E-state index contributed by atoms with van der Waals surface area (Å²) in [5, 5.41) is 13.8. The van der Waals surface area contributed by atoms with Crippen molar-refractivity contribution in [1.29, 1.82) is 0 Å². The molecule has 1 aromatic heterocycles. The third kappa shape index (κ3) is 3.33. The van der Waals surface area contributed by atoms with Gasteiger partial charge in [0, 0.05) is 6.20 Å². The van der Waals surface area contributed by atoms with Gasteiger partial charge in [0.15, 0.2) is 17.3 Å². The molecule has 21 heavy (non-hydrogen) atoms. The van der Waals surface area contributed by atoms with E-state index in [2.05, 4.69) is 4.98 Å². The maximum atomic E-state index is 13.8. The number of nitrogens with two attached hydrogens (primary N) is 1. The summed E-state index contributed by atoms with van der Waals surface area (Å²) < 4.78 is 41.1. The second kappa shape index (κ2) is 5.46. The van der Waals surface area contributed by atoms with Gasteiger partial charge in [-0.3, -0.25) is 4.98 Å². The minimum Gasteiger partial charge on any atom is -0.478 e. The summed E-state index contributed by atoms with van der Waals surface area (Å²) in [6.45, 7) is 0. The molecule has 0 unspecified atom stereocenters. The van der Waals surface area contributed by atoms with Crippen molar-refractivity contribution in [1.82, 2.24) is 4.98 Å². The molecular formula is C12H9FN2O5S. The number of hydrogen-bond donors (Lipinski definition) is 2. The number of pyridine rings is 1. The summed E-state index contributed by atoms with van der Waals surface area (Å²) in [5.41, 5.74) is -0.208. The van der Waals surface area contributed by atoms with Crippen LogP contribution in [-0.2, 0) is 10.0 Å². The van der Waals surface area contributed by atoms with Gasteiger partial charge >= 0.3 is 5.97 Å². The molecule has 3 N–H and O–H groups in total. The maximum absolute atomic E-state index is 13.8. The monoisotopic (exact) mass is 312 g/mol. The second-order valence-electron chi connectivity index (χ2n) is 3.92. The van der Waals surface area contributed by atoms with Gasteiger partial charge in [-0.2, -0.15) is 0 Å². The number of primary sulfonamides is 1. The number of benzene rings is 1. The molecule has 2 aromatic rings. The number of ether oxygens (including phenoxy) is 1. The minimum absolute atomic E-state index is 0.174. The van der Waals surface area contributed by atoms with Crippen LogP contribution in [0, 0.1) is 5.82 Å². The molecule has 110 valence electrons. The third-order valence-corrected chi connectivity index (χ3v) is 3.38. The Kier molecular flexibility index (Phi) is 3.87. The van der Waals surface area contributed by atoms with Gasteiger partial charge in [-0.25, -0.2) is 22.7 Å². The van der Waals surface area contributed by atoms with Crippen LogP contribution in [0.5, 0.6) is 11.5 Å². The van der Waals surface area contributed by atoms with Gasteiger partial charge in [-0.1, -0.05) is 0 Å². The van der Waals surface area contributed by atoms with Gasteiger partial charge in [-0.05, 0) is 24.3 Å². The molecule has 1 heterocycles. The number of carbonyl (C=O) groups is 1. The van der Waals surface area contributed by atoms with E-state index in [1.165, 1.54) is 12.3 Å². The summed E-state index contributed by atoms with van der Waals surface area (Å²) in [6, 6.07) is 3.95. The molecule has 2 rings (SSSR count). The highest BCUT2D eigenvalue weighted by Crippen LogP contribution is 2.28. The first-order valence-electron chi connectivity index (χ1n) is 5.46. The van der Waals surface area contributed by atoms with E-state index < -0.39 is 26.7 Å². The molecule has 0 amide bonds. The van der Waals surface area contributed by atoms with E-state index in [1.807, 2.05) is 0 Å². The van der Waals surface area contributed by atoms with Crippen LogP contribution in [0.15, 0.2) is 41.6 Å². The Morgan fingerprint density at radius 3 is 2.57 bits per heavy atom. The first-order valence-corrected chi connectivity index (χ1v) is 7.01. The van der Waals surface area contributed by atoms with E-state index in [0.717, 1.165) is 18.3 Å². The number of halogens is 1. The smallest absolute Gasteiger partial charge is 0.339 e. The fraction of sp³-hybridized carbons (Fsp3) is 0. The van der Waals surface area contributed by atoms with Crippen molar-refractivity contribution in [2.24, 2.45) is 5.14 Å². The molecule has 0 bridgehead atoms. The van der Waals surface area contributed by atoms with Crippen molar-refractivity contribution < 1.29 is 27.4 Å². The van der Waals surface area contributed by atoms with Crippen LogP contribution in [0.2, 0.25) is 0 Å². The third-order valence-electron chi connectivity index (χ3n) is 2.47. The molecule has 0 fully saturated rings. The summed E-state index contributed by atoms with van der Waals surface area (Å²) in [5.74, 6) is -2.79. The van der Waals surface area contributed by atoms with Crippen molar-refractivity contribution in [2.75, 3.05) is 0 Å². The average Bonchev–Trinajstić information content (AvgIpc) is 2.40. The van der Waals surface area contributed by atoms with Crippen LogP contribution in [0.4, 0.5) is 4.39 Å². The van der Waals surface area contributed by atoms with Crippen LogP contribution >= 0.6 is 0 Å². The number of nitrogens with zero attached hydrogens (tertiary/aromatic N) is 1. The van der Waals surface area contributed by atoms with Gasteiger partial charge in [0.05, 0.1) is 11.1 Å². The van der Waals surface area contributed by atoms with E-state index in [1.54, 1.807) is 0 Å². The zero-order chi connectivity index (χ0) is 15.6. The topological polar surface area (TPSA) is 120 Å². The van der Waals surface area contributed by atoms with E-state index >= 15 is 0 Å². The predicted octanol–water partition coefficient (Wildman–Crippen LogP) is 1.36. The van der Waals surface area contributed by atoms with Crippen LogP contribution in [0.25, 0.3) is 0 Å². The Hall–Kier alpha value is -2.52.